The number of carboxylic acid groups (broad SMARTS) is 1. The van der Waals surface area contributed by atoms with E-state index in [1.54, 1.807) is 38.5 Å². The van der Waals surface area contributed by atoms with Gasteiger partial charge in [0.15, 0.2) is 18.7 Å². The summed E-state index contributed by atoms with van der Waals surface area (Å²) in [5.41, 5.74) is -3.27. The molecule has 0 radical (unpaired) electrons. The number of benzene rings is 1. The Bertz CT molecular complexity index is 2330. The van der Waals surface area contributed by atoms with Crippen LogP contribution in [-0.4, -0.2) is 198 Å². The number of nitrogens with one attached hydrogen (secondary N) is 1. The van der Waals surface area contributed by atoms with Crippen LogP contribution in [0.5, 0.6) is 0 Å². The van der Waals surface area contributed by atoms with Gasteiger partial charge in [-0.05, 0) is 139 Å². The molecule has 1 aromatic carbocycles. The highest BCUT2D eigenvalue weighted by Gasteiger charge is 2.54. The number of likely N-dealkylation sites (N-methyl/N-ethyl adjacent to an activating group) is 2. The topological polar surface area (TPSA) is 246 Å². The zero-order valence-corrected chi connectivity index (χ0v) is 48.8. The van der Waals surface area contributed by atoms with E-state index >= 15 is 0 Å². The quantitative estimate of drug-likeness (QED) is 0.0999. The van der Waals surface area contributed by atoms with Crippen LogP contribution in [0, 0.1) is 17.8 Å². The van der Waals surface area contributed by atoms with Crippen LogP contribution in [0.1, 0.15) is 131 Å². The van der Waals surface area contributed by atoms with E-state index in [0.717, 1.165) is 5.56 Å². The molecule has 0 aliphatic carbocycles. The molecule has 438 valence electrons. The van der Waals surface area contributed by atoms with E-state index in [0.29, 0.717) is 62.8 Å². The molecule has 5 N–H and O–H groups in total. The maximum Gasteiger partial charge on any atom is 0.341 e. The van der Waals surface area contributed by atoms with Gasteiger partial charge >= 0.3 is 17.9 Å². The lowest BCUT2D eigenvalue weighted by Gasteiger charge is -2.50. The number of aromatic carboxylic acids is 1. The number of aryl methyl sites for hydroxylation is 2. The molecule has 3 saturated heterocycles. The molecular weight excluding hydrogens is 997 g/mol. The average molecular weight is 1090 g/mol. The Kier molecular flexibility index (Phi) is 22.7. The molecular formula is C57H94N4O16. The van der Waals surface area contributed by atoms with Crippen LogP contribution in [-0.2, 0) is 60.4 Å². The highest BCUT2D eigenvalue weighted by atomic mass is 16.7. The first-order valence-electron chi connectivity index (χ1n) is 27.7. The minimum absolute atomic E-state index is 0.0519. The molecule has 0 saturated carbocycles. The number of hydrogen-bond donors (Lipinski definition) is 5. The monoisotopic (exact) mass is 1090 g/mol. The number of cyclic esters (lactones) is 1. The molecule has 3 aliphatic rings. The molecule has 2 aromatic rings. The van der Waals surface area contributed by atoms with Crippen LogP contribution in [0.25, 0.3) is 10.9 Å². The normalized spacial score (nSPS) is 37.2. The Labute approximate surface area is 456 Å². The van der Waals surface area contributed by atoms with E-state index in [4.69, 9.17) is 37.9 Å². The van der Waals surface area contributed by atoms with Gasteiger partial charge in [0, 0.05) is 69.9 Å². The Morgan fingerprint density at radius 2 is 1.58 bits per heavy atom. The first-order chi connectivity index (χ1) is 36.1. The summed E-state index contributed by atoms with van der Waals surface area (Å²) >= 11 is 0. The van der Waals surface area contributed by atoms with Crippen molar-refractivity contribution in [2.75, 3.05) is 55.0 Å². The second-order valence-corrected chi connectivity index (χ2v) is 23.2. The predicted molar refractivity (Wildman–Crippen MR) is 289 cm³/mol. The SMILES string of the molecule is CC[C@@H]1OC(=O)[C@H](C)[C@H](O[C@@H]2C[C@](C)(OC)[C@H](OC(=O)CCNCCCc3ccc4c(c3)c(=O)c(C(=O)O)cn4CC)[C@H](C)O2)[C@@H](C)[C@H](O[C@@H]2O[C@H](C)C[C@H](N(C)C)[C@@H]2O)[C@](C)(OC)C[C@H](C)CN(C)[C@H](C)[C@@H](O)[C@]1(C)O. The van der Waals surface area contributed by atoms with Gasteiger partial charge in [0.1, 0.15) is 35.1 Å². The Morgan fingerprint density at radius 3 is 2.19 bits per heavy atom. The standard InChI is InChI=1S/C57H94N4O16/c1-17-43-57(11,69)49(65)36(7)60(14)30-32(3)28-55(9,70-15)50(77-54-47(64)42(59(12)13)26-33(4)72-54)34(5)48(35(6)53(68)74-43)76-45-29-56(10,71-16)51(37(8)73-45)75-44(62)23-25-58-24-19-20-38-21-22-41-39(27-38)46(63)40(52(66)67)31-61(41)18-2/h21-22,27,31-37,42-43,45,47-51,54,58,64-65,69H,17-20,23-26,28-30H2,1-16H3,(H,66,67)/t32-,33+,34+,35+,36+,37-,42-,43-,45+,47-,48+,49+,50-,51+,54-,55+,56-,57+/m0/s1. The lowest BCUT2D eigenvalue weighted by Crippen LogP contribution is -2.61. The van der Waals surface area contributed by atoms with Crippen LogP contribution < -0.4 is 10.7 Å². The lowest BCUT2D eigenvalue weighted by atomic mass is 9.77. The smallest absolute Gasteiger partial charge is 0.341 e. The molecule has 1 aromatic heterocycles. The fraction of sp³-hybridized carbons (Fsp3) is 0.789. The fourth-order valence-electron chi connectivity index (χ4n) is 12.1. The van der Waals surface area contributed by atoms with E-state index in [1.807, 2.05) is 84.6 Å². The summed E-state index contributed by atoms with van der Waals surface area (Å²) in [4.78, 5) is 56.9. The zero-order valence-electron chi connectivity index (χ0n) is 48.8. The number of carbonyl (C=O) groups excluding carboxylic acids is 2. The van der Waals surface area contributed by atoms with Gasteiger partial charge < -0.3 is 78.0 Å². The molecule has 3 fully saturated rings. The summed E-state index contributed by atoms with van der Waals surface area (Å²) in [5.74, 6) is -4.24. The van der Waals surface area contributed by atoms with Crippen LogP contribution in [0.2, 0.25) is 0 Å². The second kappa shape index (κ2) is 27.2. The van der Waals surface area contributed by atoms with Crippen LogP contribution in [0.4, 0.5) is 0 Å². The van der Waals surface area contributed by atoms with E-state index in [2.05, 4.69) is 12.2 Å². The van der Waals surface area contributed by atoms with E-state index in [1.165, 1.54) is 20.2 Å². The summed E-state index contributed by atoms with van der Waals surface area (Å²) in [6.45, 7) is 22.0. The van der Waals surface area contributed by atoms with Crippen LogP contribution >= 0.6 is 0 Å². The molecule has 0 spiro atoms. The van der Waals surface area contributed by atoms with Crippen molar-refractivity contribution in [2.24, 2.45) is 17.8 Å². The van der Waals surface area contributed by atoms with E-state index in [-0.39, 0.29) is 42.9 Å². The lowest BCUT2D eigenvalue weighted by molar-refractivity contribution is -0.320. The number of aliphatic hydroxyl groups excluding tert-OH is 2. The summed E-state index contributed by atoms with van der Waals surface area (Å²) in [7, 11) is 8.82. The number of carbonyl (C=O) groups is 3. The number of aliphatic hydroxyl groups is 3. The predicted octanol–water partition coefficient (Wildman–Crippen LogP) is 4.75. The van der Waals surface area contributed by atoms with Crippen molar-refractivity contribution in [3.63, 3.8) is 0 Å². The summed E-state index contributed by atoms with van der Waals surface area (Å²) in [6.07, 6.45) is -5.33. The molecule has 20 nitrogen and oxygen atoms in total. The van der Waals surface area contributed by atoms with Gasteiger partial charge in [-0.2, -0.15) is 0 Å². The minimum Gasteiger partial charge on any atom is -0.477 e. The molecule has 5 rings (SSSR count). The summed E-state index contributed by atoms with van der Waals surface area (Å²) in [6, 6.07) is 4.71. The maximum absolute atomic E-state index is 14.7. The number of fused-ring (bicyclic) bond motifs is 1. The molecule has 3 aliphatic heterocycles. The van der Waals surface area contributed by atoms with Crippen LogP contribution in [0.15, 0.2) is 29.2 Å². The first kappa shape index (κ1) is 64.2. The maximum atomic E-state index is 14.7. The third-order valence-electron chi connectivity index (χ3n) is 16.9. The average Bonchev–Trinajstić information content (AvgIpc) is 3.38. The van der Waals surface area contributed by atoms with Gasteiger partial charge in [0.2, 0.25) is 5.43 Å². The number of aromatic nitrogens is 1. The van der Waals surface area contributed by atoms with E-state index in [9.17, 15) is 39.6 Å². The number of ether oxygens (including phenoxy) is 8. The van der Waals surface area contributed by atoms with Gasteiger partial charge in [-0.3, -0.25) is 14.4 Å². The third kappa shape index (κ3) is 15.0. The number of methoxy groups -OCH3 is 2. The number of esters is 2. The highest BCUT2D eigenvalue weighted by Crippen LogP contribution is 2.42. The van der Waals surface area contributed by atoms with Crippen molar-refractivity contribution in [3.8, 4) is 0 Å². The molecule has 4 heterocycles. The number of carboxylic acids is 1. The van der Waals surface area contributed by atoms with E-state index < -0.39 is 113 Å². The summed E-state index contributed by atoms with van der Waals surface area (Å²) in [5, 5.41) is 48.8. The number of hydrogen-bond acceptors (Lipinski definition) is 18. The van der Waals surface area contributed by atoms with Gasteiger partial charge in [0.25, 0.3) is 0 Å². The van der Waals surface area contributed by atoms with Gasteiger partial charge in [0.05, 0.1) is 47.9 Å². The number of nitrogens with zero attached hydrogens (tertiary/aromatic N) is 3. The number of pyridine rings is 1. The van der Waals surface area contributed by atoms with Gasteiger partial charge in [-0.1, -0.05) is 26.8 Å². The zero-order chi connectivity index (χ0) is 57.5. The Morgan fingerprint density at radius 1 is 0.922 bits per heavy atom. The van der Waals surface area contributed by atoms with Crippen LogP contribution in [0.3, 0.4) is 0 Å². The first-order valence-corrected chi connectivity index (χ1v) is 27.7. The van der Waals surface area contributed by atoms with Crippen molar-refractivity contribution >= 4 is 28.8 Å². The third-order valence-corrected chi connectivity index (χ3v) is 16.9. The largest absolute Gasteiger partial charge is 0.477 e. The van der Waals surface area contributed by atoms with Gasteiger partial charge in [-0.25, -0.2) is 4.79 Å². The van der Waals surface area contributed by atoms with Crippen molar-refractivity contribution in [1.29, 1.82) is 0 Å². The molecule has 0 bridgehead atoms. The molecule has 0 amide bonds. The van der Waals surface area contributed by atoms with Crippen molar-refractivity contribution in [1.82, 2.24) is 19.7 Å². The molecule has 20 heteroatoms. The molecule has 0 unspecified atom stereocenters. The highest BCUT2D eigenvalue weighted by molar-refractivity contribution is 5.92. The Balaban J connectivity index is 1.36. The van der Waals surface area contributed by atoms with Crippen molar-refractivity contribution in [3.05, 3.63) is 45.7 Å². The van der Waals surface area contributed by atoms with Crippen molar-refractivity contribution < 1.29 is 72.7 Å². The number of rotatable bonds is 18. The minimum atomic E-state index is -1.84. The molecule has 77 heavy (non-hydrogen) atoms. The summed E-state index contributed by atoms with van der Waals surface area (Å²) < 4.78 is 53.7. The molecule has 18 atom stereocenters. The van der Waals surface area contributed by atoms with Crippen molar-refractivity contribution in [2.45, 2.75) is 218 Å². The van der Waals surface area contributed by atoms with Gasteiger partial charge in [-0.15, -0.1) is 0 Å². The fourth-order valence-corrected chi connectivity index (χ4v) is 12.1. The Hall–Kier alpha value is -3.64. The second-order valence-electron chi connectivity index (χ2n) is 23.2.